The normalized spacial score (nSPS) is 17.2. The first-order chi connectivity index (χ1) is 8.88. The molecule has 2 rings (SSSR count). The van der Waals surface area contributed by atoms with Gasteiger partial charge >= 0.3 is 0 Å². The lowest BCUT2D eigenvalue weighted by molar-refractivity contribution is 0.229. The van der Waals surface area contributed by atoms with Crippen LogP contribution in [0.1, 0.15) is 37.4 Å². The van der Waals surface area contributed by atoms with Crippen molar-refractivity contribution in [1.82, 2.24) is 20.4 Å². The van der Waals surface area contributed by atoms with Crippen molar-refractivity contribution in [2.45, 2.75) is 38.5 Å². The molecule has 1 aliphatic rings. The minimum Gasteiger partial charge on any atom is -0.339 e. The van der Waals surface area contributed by atoms with Gasteiger partial charge in [0, 0.05) is 19.4 Å². The van der Waals surface area contributed by atoms with E-state index in [0.717, 1.165) is 44.1 Å². The van der Waals surface area contributed by atoms with Crippen LogP contribution in [0, 0.1) is 0 Å². The summed E-state index contributed by atoms with van der Waals surface area (Å²) in [5, 5.41) is 7.16. The third kappa shape index (κ3) is 4.38. The Hall–Kier alpha value is -0.940. The summed E-state index contributed by atoms with van der Waals surface area (Å²) in [6.07, 6.45) is 6.88. The van der Waals surface area contributed by atoms with E-state index in [1.807, 2.05) is 7.05 Å². The molecule has 5 heteroatoms. The van der Waals surface area contributed by atoms with Gasteiger partial charge in [-0.05, 0) is 45.9 Å². The van der Waals surface area contributed by atoms with Gasteiger partial charge in [0.2, 0.25) is 5.89 Å². The average Bonchev–Trinajstić information content (AvgIpc) is 2.86. The van der Waals surface area contributed by atoms with Crippen molar-refractivity contribution in [1.29, 1.82) is 0 Å². The lowest BCUT2D eigenvalue weighted by Gasteiger charge is -2.25. The van der Waals surface area contributed by atoms with E-state index in [1.54, 1.807) is 0 Å². The summed E-state index contributed by atoms with van der Waals surface area (Å²) in [5.74, 6) is 1.64. The van der Waals surface area contributed by atoms with E-state index >= 15 is 0 Å². The zero-order valence-corrected chi connectivity index (χ0v) is 11.3. The second-order valence-electron chi connectivity index (χ2n) is 4.96. The number of likely N-dealkylation sites (tertiary alicyclic amines) is 1. The third-order valence-electron chi connectivity index (χ3n) is 3.43. The van der Waals surface area contributed by atoms with Gasteiger partial charge in [-0.1, -0.05) is 11.6 Å². The van der Waals surface area contributed by atoms with Crippen LogP contribution in [0.2, 0.25) is 0 Å². The maximum atomic E-state index is 5.24. The summed E-state index contributed by atoms with van der Waals surface area (Å²) in [6, 6.07) is 0. The molecule has 1 aromatic rings. The summed E-state index contributed by atoms with van der Waals surface area (Å²) >= 11 is 0. The topological polar surface area (TPSA) is 54.2 Å². The molecule has 0 amide bonds. The molecule has 0 bridgehead atoms. The highest BCUT2D eigenvalue weighted by molar-refractivity contribution is 4.88. The lowest BCUT2D eigenvalue weighted by Crippen LogP contribution is -2.31. The molecule has 1 N–H and O–H groups in total. The van der Waals surface area contributed by atoms with E-state index in [1.165, 1.54) is 32.4 Å². The highest BCUT2D eigenvalue weighted by atomic mass is 16.5. The fourth-order valence-electron chi connectivity index (χ4n) is 2.35. The van der Waals surface area contributed by atoms with Crippen LogP contribution >= 0.6 is 0 Å². The van der Waals surface area contributed by atoms with Crippen LogP contribution in [0.25, 0.3) is 0 Å². The Balaban J connectivity index is 1.69. The van der Waals surface area contributed by atoms with Gasteiger partial charge in [-0.15, -0.1) is 0 Å². The zero-order chi connectivity index (χ0) is 12.6. The van der Waals surface area contributed by atoms with E-state index in [4.69, 9.17) is 4.52 Å². The van der Waals surface area contributed by atoms with Crippen molar-refractivity contribution < 1.29 is 4.52 Å². The Bertz CT molecular complexity index is 333. The quantitative estimate of drug-likeness (QED) is 0.740. The fourth-order valence-corrected chi connectivity index (χ4v) is 2.35. The van der Waals surface area contributed by atoms with Crippen molar-refractivity contribution in [2.75, 3.05) is 33.2 Å². The Morgan fingerprint density at radius 3 is 2.83 bits per heavy atom. The van der Waals surface area contributed by atoms with E-state index in [9.17, 15) is 0 Å². The molecule has 2 heterocycles. The van der Waals surface area contributed by atoms with Crippen molar-refractivity contribution in [3.63, 3.8) is 0 Å². The predicted molar refractivity (Wildman–Crippen MR) is 70.5 cm³/mol. The van der Waals surface area contributed by atoms with Crippen LogP contribution in [0.5, 0.6) is 0 Å². The van der Waals surface area contributed by atoms with Gasteiger partial charge in [0.05, 0.1) is 0 Å². The van der Waals surface area contributed by atoms with Gasteiger partial charge in [0.1, 0.15) is 0 Å². The summed E-state index contributed by atoms with van der Waals surface area (Å²) in [7, 11) is 1.96. The van der Waals surface area contributed by atoms with Gasteiger partial charge < -0.3 is 14.7 Å². The van der Waals surface area contributed by atoms with Gasteiger partial charge in [0.25, 0.3) is 0 Å². The number of aryl methyl sites for hydroxylation is 1. The monoisotopic (exact) mass is 252 g/mol. The number of aromatic nitrogens is 2. The summed E-state index contributed by atoms with van der Waals surface area (Å²) in [5.41, 5.74) is 0. The zero-order valence-electron chi connectivity index (χ0n) is 11.3. The van der Waals surface area contributed by atoms with Gasteiger partial charge in [-0.25, -0.2) is 0 Å². The van der Waals surface area contributed by atoms with Gasteiger partial charge in [0.15, 0.2) is 5.82 Å². The maximum Gasteiger partial charge on any atom is 0.226 e. The second-order valence-corrected chi connectivity index (χ2v) is 4.96. The molecule has 1 aromatic heterocycles. The minimum absolute atomic E-state index is 0.777. The van der Waals surface area contributed by atoms with Crippen LogP contribution < -0.4 is 5.32 Å². The molecule has 102 valence electrons. The lowest BCUT2D eigenvalue weighted by atomic mass is 10.1. The molecule has 1 aliphatic heterocycles. The predicted octanol–water partition coefficient (Wildman–Crippen LogP) is 1.25. The van der Waals surface area contributed by atoms with Crippen molar-refractivity contribution in [2.24, 2.45) is 0 Å². The van der Waals surface area contributed by atoms with Crippen LogP contribution in [0.3, 0.4) is 0 Å². The SMILES string of the molecule is CNCCCc1nc(CCN2CCCCC2)no1. The third-order valence-corrected chi connectivity index (χ3v) is 3.43. The number of hydrogen-bond acceptors (Lipinski definition) is 5. The van der Waals surface area contributed by atoms with E-state index in [0.29, 0.717) is 0 Å². The Morgan fingerprint density at radius 1 is 1.22 bits per heavy atom. The summed E-state index contributed by atoms with van der Waals surface area (Å²) < 4.78 is 5.24. The average molecular weight is 252 g/mol. The van der Waals surface area contributed by atoms with Gasteiger partial charge in [-0.3, -0.25) is 0 Å². The molecule has 18 heavy (non-hydrogen) atoms. The van der Waals surface area contributed by atoms with E-state index < -0.39 is 0 Å². The molecule has 0 aromatic carbocycles. The molecule has 0 radical (unpaired) electrons. The standard InChI is InChI=1S/C13H24N4O/c1-14-8-5-6-13-15-12(16-18-13)7-11-17-9-3-2-4-10-17/h14H,2-11H2,1H3. The Kier molecular flexibility index (Phi) is 5.61. The number of nitrogens with one attached hydrogen (secondary N) is 1. The molecule has 5 nitrogen and oxygen atoms in total. The minimum atomic E-state index is 0.777. The number of hydrogen-bond donors (Lipinski definition) is 1. The van der Waals surface area contributed by atoms with Crippen molar-refractivity contribution in [3.05, 3.63) is 11.7 Å². The largest absolute Gasteiger partial charge is 0.339 e. The number of piperidine rings is 1. The number of nitrogens with zero attached hydrogens (tertiary/aromatic N) is 3. The van der Waals surface area contributed by atoms with Gasteiger partial charge in [-0.2, -0.15) is 4.98 Å². The molecule has 0 atom stereocenters. The Labute approximate surface area is 109 Å². The molecular weight excluding hydrogens is 228 g/mol. The first kappa shape index (κ1) is 13.5. The smallest absolute Gasteiger partial charge is 0.226 e. The molecule has 1 fully saturated rings. The van der Waals surface area contributed by atoms with Crippen LogP contribution in [0.4, 0.5) is 0 Å². The highest BCUT2D eigenvalue weighted by Gasteiger charge is 2.12. The second kappa shape index (κ2) is 7.48. The van der Waals surface area contributed by atoms with E-state index in [2.05, 4.69) is 20.4 Å². The molecule has 0 spiro atoms. The summed E-state index contributed by atoms with van der Waals surface area (Å²) in [6.45, 7) is 4.51. The van der Waals surface area contributed by atoms with E-state index in [-0.39, 0.29) is 0 Å². The molecule has 0 unspecified atom stereocenters. The number of rotatable bonds is 7. The van der Waals surface area contributed by atoms with Crippen LogP contribution in [-0.4, -0.2) is 48.3 Å². The van der Waals surface area contributed by atoms with Crippen LogP contribution in [-0.2, 0) is 12.8 Å². The van der Waals surface area contributed by atoms with Crippen LogP contribution in [0.15, 0.2) is 4.52 Å². The summed E-state index contributed by atoms with van der Waals surface area (Å²) in [4.78, 5) is 6.93. The molecule has 1 saturated heterocycles. The van der Waals surface area contributed by atoms with Crippen molar-refractivity contribution in [3.8, 4) is 0 Å². The van der Waals surface area contributed by atoms with Crippen molar-refractivity contribution >= 4 is 0 Å². The highest BCUT2D eigenvalue weighted by Crippen LogP contribution is 2.09. The molecule has 0 aliphatic carbocycles. The maximum absolute atomic E-state index is 5.24. The fraction of sp³-hybridized carbons (Fsp3) is 0.846. The Morgan fingerprint density at radius 2 is 2.06 bits per heavy atom. The first-order valence-electron chi connectivity index (χ1n) is 7.07. The molecule has 0 saturated carbocycles. The first-order valence-corrected chi connectivity index (χ1v) is 7.07. The molecular formula is C13H24N4O.